The van der Waals surface area contributed by atoms with Crippen LogP contribution in [0.15, 0.2) is 47.6 Å². The molecule has 0 saturated heterocycles. The van der Waals surface area contributed by atoms with Crippen molar-refractivity contribution in [1.82, 2.24) is 9.55 Å². The van der Waals surface area contributed by atoms with Gasteiger partial charge in [-0.1, -0.05) is 23.9 Å². The summed E-state index contributed by atoms with van der Waals surface area (Å²) in [5.74, 6) is 0.434. The summed E-state index contributed by atoms with van der Waals surface area (Å²) in [7, 11) is 1.96. The second kappa shape index (κ2) is 6.37. The van der Waals surface area contributed by atoms with Crippen molar-refractivity contribution in [3.05, 3.63) is 53.6 Å². The number of nitrogens with zero attached hydrogens (tertiary/aromatic N) is 2. The third-order valence-corrected chi connectivity index (χ3v) is 5.43. The van der Waals surface area contributed by atoms with Gasteiger partial charge in [-0.3, -0.25) is 9.59 Å². The average Bonchev–Trinajstić information content (AvgIpc) is 2.95. The smallest absolute Gasteiger partial charge is 0.224 e. The van der Waals surface area contributed by atoms with Crippen LogP contribution in [-0.2, 0) is 18.3 Å². The Hall–Kier alpha value is -2.60. The Morgan fingerprint density at radius 3 is 2.92 bits per heavy atom. The number of para-hydroxylation sites is 2. The molecule has 1 aromatic heterocycles. The molecule has 4 rings (SSSR count). The number of carbonyl (C=O) groups excluding carboxylic acids is 2. The van der Waals surface area contributed by atoms with Crippen molar-refractivity contribution >= 4 is 40.2 Å². The number of imidazole rings is 1. The molecule has 0 radical (unpaired) electrons. The lowest BCUT2D eigenvalue weighted by Gasteiger charge is -2.17. The van der Waals surface area contributed by atoms with Crippen LogP contribution in [-0.4, -0.2) is 27.0 Å². The molecule has 6 heteroatoms. The van der Waals surface area contributed by atoms with Crippen molar-refractivity contribution in [3.8, 4) is 0 Å². The number of thioether (sulfide) groups is 1. The maximum absolute atomic E-state index is 12.5. The van der Waals surface area contributed by atoms with E-state index in [2.05, 4.69) is 10.3 Å². The van der Waals surface area contributed by atoms with Crippen LogP contribution in [0.5, 0.6) is 0 Å². The SMILES string of the molecule is Cn1c(SCC(=O)c2ccc3c(c2)CCC(=O)N3)nc2ccccc21. The van der Waals surface area contributed by atoms with Crippen LogP contribution < -0.4 is 5.32 Å². The molecule has 3 aromatic rings. The molecule has 0 aliphatic carbocycles. The zero-order valence-electron chi connectivity index (χ0n) is 13.8. The first-order chi connectivity index (χ1) is 12.1. The molecule has 25 heavy (non-hydrogen) atoms. The molecule has 0 unspecified atom stereocenters. The van der Waals surface area contributed by atoms with Crippen molar-refractivity contribution in [2.45, 2.75) is 18.0 Å². The number of amides is 1. The monoisotopic (exact) mass is 351 g/mol. The highest BCUT2D eigenvalue weighted by atomic mass is 32.2. The number of rotatable bonds is 4. The number of fused-ring (bicyclic) bond motifs is 2. The Morgan fingerprint density at radius 1 is 1.24 bits per heavy atom. The van der Waals surface area contributed by atoms with Crippen molar-refractivity contribution in [2.24, 2.45) is 7.05 Å². The molecule has 1 N–H and O–H groups in total. The van der Waals surface area contributed by atoms with E-state index in [1.807, 2.05) is 48.0 Å². The fraction of sp³-hybridized carbons (Fsp3) is 0.211. The number of Topliss-reactive ketones (excluding diaryl/α,β-unsaturated/α-hetero) is 1. The molecular formula is C19H17N3O2S. The standard InChI is InChI=1S/C19H17N3O2S/c1-22-16-5-3-2-4-15(16)21-19(22)25-11-17(23)13-6-8-14-12(10-13)7-9-18(24)20-14/h2-6,8,10H,7,9,11H2,1H3,(H,20,24). The number of anilines is 1. The van der Waals surface area contributed by atoms with E-state index >= 15 is 0 Å². The zero-order chi connectivity index (χ0) is 17.4. The van der Waals surface area contributed by atoms with Crippen LogP contribution in [0.3, 0.4) is 0 Å². The molecule has 0 fully saturated rings. The second-order valence-corrected chi connectivity index (χ2v) is 7.02. The van der Waals surface area contributed by atoms with Crippen LogP contribution in [0.25, 0.3) is 11.0 Å². The van der Waals surface area contributed by atoms with Gasteiger partial charge in [0.1, 0.15) is 0 Å². The largest absolute Gasteiger partial charge is 0.326 e. The van der Waals surface area contributed by atoms with Gasteiger partial charge in [0.05, 0.1) is 16.8 Å². The average molecular weight is 351 g/mol. The van der Waals surface area contributed by atoms with E-state index in [0.717, 1.165) is 27.4 Å². The van der Waals surface area contributed by atoms with Crippen LogP contribution in [0.1, 0.15) is 22.3 Å². The highest BCUT2D eigenvalue weighted by Crippen LogP contribution is 2.26. The first kappa shape index (κ1) is 15.9. The van der Waals surface area contributed by atoms with Gasteiger partial charge in [-0.25, -0.2) is 4.98 Å². The minimum atomic E-state index is 0.0315. The number of hydrogen-bond acceptors (Lipinski definition) is 4. The summed E-state index contributed by atoms with van der Waals surface area (Å²) < 4.78 is 2.01. The fourth-order valence-corrected chi connectivity index (χ4v) is 3.90. The number of carbonyl (C=O) groups is 2. The molecule has 1 aliphatic heterocycles. The second-order valence-electron chi connectivity index (χ2n) is 6.07. The van der Waals surface area contributed by atoms with Crippen molar-refractivity contribution < 1.29 is 9.59 Å². The Morgan fingerprint density at radius 2 is 2.08 bits per heavy atom. The van der Waals surface area contributed by atoms with E-state index in [0.29, 0.717) is 24.2 Å². The first-order valence-electron chi connectivity index (χ1n) is 8.12. The summed E-state index contributed by atoms with van der Waals surface area (Å²) in [6, 6.07) is 13.4. The number of benzene rings is 2. The topological polar surface area (TPSA) is 64.0 Å². The molecule has 0 spiro atoms. The summed E-state index contributed by atoms with van der Waals surface area (Å²) in [6.07, 6.45) is 1.15. The van der Waals surface area contributed by atoms with Gasteiger partial charge in [-0.05, 0) is 42.3 Å². The highest BCUT2D eigenvalue weighted by Gasteiger charge is 2.17. The maximum atomic E-state index is 12.5. The molecule has 0 bridgehead atoms. The number of nitrogens with one attached hydrogen (secondary N) is 1. The Kier molecular flexibility index (Phi) is 4.05. The quantitative estimate of drug-likeness (QED) is 0.578. The van der Waals surface area contributed by atoms with Crippen LogP contribution in [0.4, 0.5) is 5.69 Å². The van der Waals surface area contributed by atoms with Gasteiger partial charge in [-0.15, -0.1) is 0 Å². The number of ketones is 1. The minimum Gasteiger partial charge on any atom is -0.326 e. The van der Waals surface area contributed by atoms with Gasteiger partial charge < -0.3 is 9.88 Å². The van der Waals surface area contributed by atoms with E-state index in [1.54, 1.807) is 6.07 Å². The molecule has 2 aromatic carbocycles. The molecule has 1 amide bonds. The Labute approximate surface area is 149 Å². The van der Waals surface area contributed by atoms with Crippen molar-refractivity contribution in [2.75, 3.05) is 11.1 Å². The normalized spacial score (nSPS) is 13.6. The Balaban J connectivity index is 1.50. The predicted molar refractivity (Wildman–Crippen MR) is 99.2 cm³/mol. The highest BCUT2D eigenvalue weighted by molar-refractivity contribution is 7.99. The fourth-order valence-electron chi connectivity index (χ4n) is 3.02. The lowest BCUT2D eigenvalue weighted by molar-refractivity contribution is -0.116. The van der Waals surface area contributed by atoms with Crippen molar-refractivity contribution in [1.29, 1.82) is 0 Å². The van der Waals surface area contributed by atoms with Crippen molar-refractivity contribution in [3.63, 3.8) is 0 Å². The van der Waals surface area contributed by atoms with Gasteiger partial charge in [-0.2, -0.15) is 0 Å². The van der Waals surface area contributed by atoms with Crippen LogP contribution in [0, 0.1) is 0 Å². The van der Waals surface area contributed by atoms with Gasteiger partial charge in [0, 0.05) is 24.7 Å². The maximum Gasteiger partial charge on any atom is 0.224 e. The molecular weight excluding hydrogens is 334 g/mol. The number of aromatic nitrogens is 2. The lowest BCUT2D eigenvalue weighted by Crippen LogP contribution is -2.19. The molecule has 0 atom stereocenters. The van der Waals surface area contributed by atoms with E-state index in [-0.39, 0.29) is 11.7 Å². The lowest BCUT2D eigenvalue weighted by atomic mass is 9.99. The third-order valence-electron chi connectivity index (χ3n) is 4.40. The zero-order valence-corrected chi connectivity index (χ0v) is 14.6. The summed E-state index contributed by atoms with van der Waals surface area (Å²) in [6.45, 7) is 0. The molecule has 126 valence electrons. The van der Waals surface area contributed by atoms with Gasteiger partial charge in [0.15, 0.2) is 10.9 Å². The first-order valence-corrected chi connectivity index (χ1v) is 9.10. The van der Waals surface area contributed by atoms with Gasteiger partial charge in [0.2, 0.25) is 5.91 Å². The van der Waals surface area contributed by atoms with E-state index in [9.17, 15) is 9.59 Å². The molecule has 0 saturated carbocycles. The Bertz CT molecular complexity index is 993. The minimum absolute atomic E-state index is 0.0315. The van der Waals surface area contributed by atoms with E-state index in [1.165, 1.54) is 11.8 Å². The van der Waals surface area contributed by atoms with E-state index < -0.39 is 0 Å². The number of aryl methyl sites for hydroxylation is 2. The van der Waals surface area contributed by atoms with Crippen LogP contribution >= 0.6 is 11.8 Å². The summed E-state index contributed by atoms with van der Waals surface area (Å²) in [5, 5.41) is 3.67. The third kappa shape index (κ3) is 3.05. The van der Waals surface area contributed by atoms with Gasteiger partial charge in [0.25, 0.3) is 0 Å². The molecule has 5 nitrogen and oxygen atoms in total. The van der Waals surface area contributed by atoms with Gasteiger partial charge >= 0.3 is 0 Å². The number of hydrogen-bond donors (Lipinski definition) is 1. The van der Waals surface area contributed by atoms with Crippen LogP contribution in [0.2, 0.25) is 0 Å². The molecule has 1 aliphatic rings. The summed E-state index contributed by atoms with van der Waals surface area (Å²) >= 11 is 1.45. The molecule has 2 heterocycles. The summed E-state index contributed by atoms with van der Waals surface area (Å²) in [5.41, 5.74) is 4.52. The summed E-state index contributed by atoms with van der Waals surface area (Å²) in [4.78, 5) is 28.6. The van der Waals surface area contributed by atoms with E-state index in [4.69, 9.17) is 0 Å². The predicted octanol–water partition coefficient (Wildman–Crippen LogP) is 3.43.